The summed E-state index contributed by atoms with van der Waals surface area (Å²) in [4.78, 5) is 24.7. The van der Waals surface area contributed by atoms with E-state index >= 15 is 0 Å². The first-order valence-electron chi connectivity index (χ1n) is 8.67. The molecule has 1 N–H and O–H groups in total. The molecule has 1 heterocycles. The summed E-state index contributed by atoms with van der Waals surface area (Å²) in [5.41, 5.74) is 1.40. The van der Waals surface area contributed by atoms with E-state index < -0.39 is 0 Å². The van der Waals surface area contributed by atoms with Gasteiger partial charge < -0.3 is 0 Å². The van der Waals surface area contributed by atoms with Gasteiger partial charge in [-0.1, -0.05) is 60.4 Å². The van der Waals surface area contributed by atoms with Crippen molar-refractivity contribution in [1.29, 1.82) is 0 Å². The molecule has 5 nitrogen and oxygen atoms in total. The van der Waals surface area contributed by atoms with E-state index in [4.69, 9.17) is 0 Å². The lowest BCUT2D eigenvalue weighted by Gasteiger charge is -2.13. The van der Waals surface area contributed by atoms with Crippen LogP contribution in [0, 0.1) is 5.82 Å². The lowest BCUT2D eigenvalue weighted by molar-refractivity contribution is -0.117. The minimum atomic E-state index is -0.380. The van der Waals surface area contributed by atoms with Crippen molar-refractivity contribution >= 4 is 39.9 Å². The van der Waals surface area contributed by atoms with Crippen molar-refractivity contribution in [2.75, 3.05) is 11.1 Å². The van der Waals surface area contributed by atoms with Crippen molar-refractivity contribution in [3.05, 3.63) is 71.5 Å². The average Bonchev–Trinajstić information content (AvgIpc) is 3.15. The predicted molar refractivity (Wildman–Crippen MR) is 109 cm³/mol. The van der Waals surface area contributed by atoms with Crippen LogP contribution in [-0.2, 0) is 4.79 Å². The number of halogens is 1. The zero-order valence-electron chi connectivity index (χ0n) is 15.1. The molecular formula is C20H18FN3O2S2. The molecule has 144 valence electrons. The SMILES string of the molecule is CCC(C(=O)Nc1nnc(SCC(=O)c2ccc(F)cc2)s1)c1ccccc1. The van der Waals surface area contributed by atoms with Gasteiger partial charge in [-0.15, -0.1) is 10.2 Å². The molecule has 0 aliphatic rings. The lowest BCUT2D eigenvalue weighted by Crippen LogP contribution is -2.20. The van der Waals surface area contributed by atoms with Crippen LogP contribution in [0.4, 0.5) is 9.52 Å². The van der Waals surface area contributed by atoms with Gasteiger partial charge in [0.05, 0.1) is 11.7 Å². The second-order valence-corrected chi connectivity index (χ2v) is 8.15. The molecule has 1 amide bonds. The van der Waals surface area contributed by atoms with Crippen LogP contribution >= 0.6 is 23.1 Å². The average molecular weight is 416 g/mol. The van der Waals surface area contributed by atoms with Gasteiger partial charge in [0.15, 0.2) is 10.1 Å². The normalized spacial score (nSPS) is 11.8. The van der Waals surface area contributed by atoms with Crippen molar-refractivity contribution < 1.29 is 14.0 Å². The number of nitrogens with zero attached hydrogens (tertiary/aromatic N) is 2. The van der Waals surface area contributed by atoms with Gasteiger partial charge >= 0.3 is 0 Å². The Bertz CT molecular complexity index is 946. The maximum absolute atomic E-state index is 12.9. The van der Waals surface area contributed by atoms with E-state index in [-0.39, 0.29) is 29.2 Å². The van der Waals surface area contributed by atoms with Gasteiger partial charge in [-0.2, -0.15) is 0 Å². The van der Waals surface area contributed by atoms with Crippen LogP contribution < -0.4 is 5.32 Å². The van der Waals surface area contributed by atoms with Crippen molar-refractivity contribution in [1.82, 2.24) is 10.2 Å². The molecule has 3 aromatic rings. The number of aromatic nitrogens is 2. The molecule has 0 spiro atoms. The van der Waals surface area contributed by atoms with E-state index in [1.165, 1.54) is 47.4 Å². The summed E-state index contributed by atoms with van der Waals surface area (Å²) in [5, 5.41) is 11.2. The highest BCUT2D eigenvalue weighted by atomic mass is 32.2. The zero-order chi connectivity index (χ0) is 19.9. The summed E-state index contributed by atoms with van der Waals surface area (Å²) in [5.74, 6) is -0.740. The van der Waals surface area contributed by atoms with Gasteiger partial charge in [-0.05, 0) is 36.2 Å². The number of ketones is 1. The van der Waals surface area contributed by atoms with Crippen LogP contribution in [0.25, 0.3) is 0 Å². The molecule has 0 saturated carbocycles. The fourth-order valence-corrected chi connectivity index (χ4v) is 4.26. The second-order valence-electron chi connectivity index (χ2n) is 5.95. The van der Waals surface area contributed by atoms with Gasteiger partial charge in [0.2, 0.25) is 11.0 Å². The van der Waals surface area contributed by atoms with Crippen molar-refractivity contribution in [3.8, 4) is 0 Å². The van der Waals surface area contributed by atoms with Crippen LogP contribution in [0.5, 0.6) is 0 Å². The number of Topliss-reactive ketones (excluding diaryl/α,β-unsaturated/α-hetero) is 1. The summed E-state index contributed by atoms with van der Waals surface area (Å²) in [6.07, 6.45) is 0.669. The van der Waals surface area contributed by atoms with Crippen molar-refractivity contribution in [2.45, 2.75) is 23.6 Å². The summed E-state index contributed by atoms with van der Waals surface area (Å²) < 4.78 is 13.5. The molecule has 0 aliphatic heterocycles. The molecule has 0 saturated heterocycles. The maximum Gasteiger partial charge on any atom is 0.233 e. The fraction of sp³-hybridized carbons (Fsp3) is 0.200. The third kappa shape index (κ3) is 5.24. The largest absolute Gasteiger partial charge is 0.300 e. The highest BCUT2D eigenvalue weighted by Gasteiger charge is 2.20. The Morgan fingerprint density at radius 3 is 2.50 bits per heavy atom. The van der Waals surface area contributed by atoms with E-state index in [0.717, 1.165) is 5.56 Å². The third-order valence-corrected chi connectivity index (χ3v) is 6.03. The summed E-state index contributed by atoms with van der Waals surface area (Å²) in [7, 11) is 0. The predicted octanol–water partition coefficient (Wildman–Crippen LogP) is 4.78. The first kappa shape index (κ1) is 20.2. The molecule has 3 rings (SSSR count). The van der Waals surface area contributed by atoms with Gasteiger partial charge in [0.25, 0.3) is 0 Å². The zero-order valence-corrected chi connectivity index (χ0v) is 16.7. The standard InChI is InChI=1S/C20H18FN3O2S2/c1-2-16(13-6-4-3-5-7-13)18(26)22-19-23-24-20(28-19)27-12-17(25)14-8-10-15(21)11-9-14/h3-11,16H,2,12H2,1H3,(H,22,23,26). The molecule has 0 aliphatic carbocycles. The molecule has 0 fully saturated rings. The molecule has 0 radical (unpaired) electrons. The minimum Gasteiger partial charge on any atom is -0.300 e. The number of benzene rings is 2. The van der Waals surface area contributed by atoms with Gasteiger partial charge in [0.1, 0.15) is 5.82 Å². The number of carbonyl (C=O) groups excluding carboxylic acids is 2. The number of thioether (sulfide) groups is 1. The summed E-state index contributed by atoms with van der Waals surface area (Å²) in [6.45, 7) is 1.96. The Hall–Kier alpha value is -2.58. The fourth-order valence-electron chi connectivity index (χ4n) is 2.62. The molecule has 1 aromatic heterocycles. The monoisotopic (exact) mass is 415 g/mol. The van der Waals surface area contributed by atoms with Crippen LogP contribution in [0.2, 0.25) is 0 Å². The molecular weight excluding hydrogens is 397 g/mol. The molecule has 0 bridgehead atoms. The first-order chi connectivity index (χ1) is 13.6. The number of hydrogen-bond donors (Lipinski definition) is 1. The quantitative estimate of drug-likeness (QED) is 0.325. The number of carbonyl (C=O) groups is 2. The van der Waals surface area contributed by atoms with E-state index in [0.29, 0.717) is 21.5 Å². The number of amides is 1. The molecule has 2 aromatic carbocycles. The van der Waals surface area contributed by atoms with Gasteiger partial charge in [-0.3, -0.25) is 14.9 Å². The Labute approximate surface area is 170 Å². The summed E-state index contributed by atoms with van der Waals surface area (Å²) >= 11 is 2.46. The highest BCUT2D eigenvalue weighted by Crippen LogP contribution is 2.28. The summed E-state index contributed by atoms with van der Waals surface area (Å²) in [6, 6.07) is 15.0. The van der Waals surface area contributed by atoms with E-state index in [1.54, 1.807) is 0 Å². The van der Waals surface area contributed by atoms with E-state index in [2.05, 4.69) is 15.5 Å². The van der Waals surface area contributed by atoms with E-state index in [9.17, 15) is 14.0 Å². The highest BCUT2D eigenvalue weighted by molar-refractivity contribution is 8.01. The van der Waals surface area contributed by atoms with Crippen LogP contribution in [-0.4, -0.2) is 27.6 Å². The van der Waals surface area contributed by atoms with Crippen LogP contribution in [0.3, 0.4) is 0 Å². The Balaban J connectivity index is 1.57. The van der Waals surface area contributed by atoms with E-state index in [1.807, 2.05) is 37.3 Å². The van der Waals surface area contributed by atoms with Gasteiger partial charge in [-0.25, -0.2) is 4.39 Å². The third-order valence-electron chi connectivity index (χ3n) is 4.06. The smallest absolute Gasteiger partial charge is 0.233 e. The number of hydrogen-bond acceptors (Lipinski definition) is 6. The topological polar surface area (TPSA) is 72.0 Å². The number of anilines is 1. The number of rotatable bonds is 8. The minimum absolute atomic E-state index is 0.124. The number of nitrogens with one attached hydrogen (secondary N) is 1. The first-order valence-corrected chi connectivity index (χ1v) is 10.5. The van der Waals surface area contributed by atoms with Crippen molar-refractivity contribution in [2.24, 2.45) is 0 Å². The Morgan fingerprint density at radius 2 is 1.82 bits per heavy atom. The lowest BCUT2D eigenvalue weighted by atomic mass is 9.96. The maximum atomic E-state index is 12.9. The second kappa shape index (κ2) is 9.57. The van der Waals surface area contributed by atoms with Crippen LogP contribution in [0.1, 0.15) is 35.2 Å². The molecule has 1 atom stereocenters. The van der Waals surface area contributed by atoms with Crippen LogP contribution in [0.15, 0.2) is 58.9 Å². The van der Waals surface area contributed by atoms with Crippen molar-refractivity contribution in [3.63, 3.8) is 0 Å². The Morgan fingerprint density at radius 1 is 1.11 bits per heavy atom. The molecule has 28 heavy (non-hydrogen) atoms. The van der Waals surface area contributed by atoms with Gasteiger partial charge in [0, 0.05) is 5.56 Å². The Kier molecular flexibility index (Phi) is 6.89. The molecule has 8 heteroatoms. The molecule has 1 unspecified atom stereocenters.